The second-order valence-electron chi connectivity index (χ2n) is 7.39. The lowest BCUT2D eigenvalue weighted by Crippen LogP contribution is -2.48. The number of benzene rings is 1. The summed E-state index contributed by atoms with van der Waals surface area (Å²) >= 11 is 0. The van der Waals surface area contributed by atoms with Gasteiger partial charge in [-0.1, -0.05) is 35.9 Å². The zero-order valence-electron chi connectivity index (χ0n) is 17.4. The molecule has 1 aliphatic rings. The Kier molecular flexibility index (Phi) is 9.45. The fourth-order valence-corrected chi connectivity index (χ4v) is 3.75. The third-order valence-corrected chi connectivity index (χ3v) is 5.17. The van der Waals surface area contributed by atoms with Crippen LogP contribution < -0.4 is 10.6 Å². The number of amides is 1. The van der Waals surface area contributed by atoms with Crippen LogP contribution in [0, 0.1) is 6.92 Å². The van der Waals surface area contributed by atoms with E-state index in [2.05, 4.69) is 56.8 Å². The van der Waals surface area contributed by atoms with Crippen molar-refractivity contribution in [1.29, 1.82) is 0 Å². The van der Waals surface area contributed by atoms with E-state index in [9.17, 15) is 4.79 Å². The number of pyridine rings is 1. The van der Waals surface area contributed by atoms with Crippen LogP contribution in [0.1, 0.15) is 22.7 Å². The minimum absolute atomic E-state index is 0. The molecular weight excluding hydrogens is 435 g/mol. The van der Waals surface area contributed by atoms with Crippen molar-refractivity contribution >= 4 is 36.5 Å². The van der Waals surface area contributed by atoms with Crippen LogP contribution in [0.15, 0.2) is 61.1 Å². The quantitative estimate of drug-likeness (QED) is 0.588. The lowest BCUT2D eigenvalue weighted by atomic mass is 10.1. The smallest absolute Gasteiger partial charge is 0.239 e. The van der Waals surface area contributed by atoms with Crippen LogP contribution in [0.5, 0.6) is 0 Å². The molecule has 2 aromatic heterocycles. The van der Waals surface area contributed by atoms with Gasteiger partial charge in [0, 0.05) is 44.1 Å². The van der Waals surface area contributed by atoms with Crippen LogP contribution in [0.2, 0.25) is 0 Å². The minimum atomic E-state index is -0.0354. The first kappa shape index (κ1) is 24.8. The zero-order chi connectivity index (χ0) is 20.1. The Balaban J connectivity index is 0.00000171. The Labute approximate surface area is 195 Å². The fraction of sp³-hybridized carbons (Fsp3) is 0.318. The van der Waals surface area contributed by atoms with Gasteiger partial charge >= 0.3 is 0 Å². The van der Waals surface area contributed by atoms with Crippen molar-refractivity contribution in [3.63, 3.8) is 0 Å². The first-order chi connectivity index (χ1) is 14.2. The van der Waals surface area contributed by atoms with Crippen LogP contribution in [-0.2, 0) is 11.3 Å². The third-order valence-electron chi connectivity index (χ3n) is 5.17. The zero-order valence-corrected chi connectivity index (χ0v) is 19.0. The minimum Gasteiger partial charge on any atom is -0.314 e. The first-order valence-electron chi connectivity index (χ1n) is 9.91. The fourth-order valence-electron chi connectivity index (χ4n) is 3.75. The van der Waals surface area contributed by atoms with Crippen LogP contribution in [-0.4, -0.2) is 51.8 Å². The van der Waals surface area contributed by atoms with Gasteiger partial charge in [0.05, 0.1) is 19.3 Å². The molecule has 4 rings (SSSR count). The van der Waals surface area contributed by atoms with Crippen LogP contribution >= 0.6 is 24.8 Å². The Hall–Kier alpha value is -2.45. The molecule has 1 aliphatic heterocycles. The van der Waals surface area contributed by atoms with Crippen molar-refractivity contribution in [3.05, 3.63) is 77.7 Å². The number of anilines is 1. The molecule has 1 unspecified atom stereocenters. The van der Waals surface area contributed by atoms with E-state index in [4.69, 9.17) is 0 Å². The molecule has 0 radical (unpaired) electrons. The van der Waals surface area contributed by atoms with Crippen LogP contribution in [0.4, 0.5) is 5.82 Å². The molecule has 9 heteroatoms. The summed E-state index contributed by atoms with van der Waals surface area (Å²) in [7, 11) is 0. The molecule has 0 saturated carbocycles. The number of nitrogens with zero attached hydrogens (tertiary/aromatic N) is 4. The Morgan fingerprint density at radius 2 is 2.06 bits per heavy atom. The number of aryl methyl sites for hydroxylation is 1. The number of carbonyl (C=O) groups is 1. The number of rotatable bonds is 6. The van der Waals surface area contributed by atoms with Gasteiger partial charge in [-0.2, -0.15) is 5.10 Å². The Morgan fingerprint density at radius 3 is 2.84 bits per heavy atom. The van der Waals surface area contributed by atoms with Gasteiger partial charge < -0.3 is 10.6 Å². The largest absolute Gasteiger partial charge is 0.314 e. The molecule has 1 amide bonds. The number of hydrogen-bond acceptors (Lipinski definition) is 5. The molecule has 3 aromatic rings. The Morgan fingerprint density at radius 1 is 1.19 bits per heavy atom. The van der Waals surface area contributed by atoms with Gasteiger partial charge in [0.2, 0.25) is 5.91 Å². The van der Waals surface area contributed by atoms with E-state index >= 15 is 0 Å². The summed E-state index contributed by atoms with van der Waals surface area (Å²) in [5, 5.41) is 10.8. The van der Waals surface area contributed by atoms with Crippen LogP contribution in [0.25, 0.3) is 0 Å². The normalized spacial score (nSPS) is 16.1. The maximum absolute atomic E-state index is 12.8. The molecule has 1 aromatic carbocycles. The number of carbonyl (C=O) groups excluding carboxylic acids is 1. The predicted molar refractivity (Wildman–Crippen MR) is 127 cm³/mol. The summed E-state index contributed by atoms with van der Waals surface area (Å²) in [5.74, 6) is 0.677. The van der Waals surface area contributed by atoms with Crippen molar-refractivity contribution in [1.82, 2.24) is 25.0 Å². The van der Waals surface area contributed by atoms with Gasteiger partial charge in [0.1, 0.15) is 5.82 Å². The lowest BCUT2D eigenvalue weighted by Gasteiger charge is -2.35. The topological polar surface area (TPSA) is 75.1 Å². The van der Waals surface area contributed by atoms with Gasteiger partial charge in [0.15, 0.2) is 0 Å². The number of nitrogens with one attached hydrogen (secondary N) is 2. The molecule has 3 heterocycles. The monoisotopic (exact) mass is 462 g/mol. The molecule has 1 atom stereocenters. The van der Waals surface area contributed by atoms with Gasteiger partial charge in [-0.3, -0.25) is 14.7 Å². The molecule has 0 bridgehead atoms. The summed E-state index contributed by atoms with van der Waals surface area (Å²) in [6.45, 7) is 5.52. The van der Waals surface area contributed by atoms with Crippen molar-refractivity contribution in [2.45, 2.75) is 19.5 Å². The van der Waals surface area contributed by atoms with E-state index in [0.717, 1.165) is 30.8 Å². The van der Waals surface area contributed by atoms with E-state index in [0.29, 0.717) is 18.9 Å². The first-order valence-corrected chi connectivity index (χ1v) is 9.91. The molecular formula is C22H28Cl2N6O. The van der Waals surface area contributed by atoms with Crippen molar-refractivity contribution in [2.75, 3.05) is 31.5 Å². The molecule has 1 fully saturated rings. The van der Waals surface area contributed by atoms with Gasteiger partial charge in [-0.05, 0) is 24.1 Å². The summed E-state index contributed by atoms with van der Waals surface area (Å²) in [6, 6.07) is 14.3. The van der Waals surface area contributed by atoms with E-state index in [1.807, 2.05) is 29.1 Å². The second kappa shape index (κ2) is 11.8. The Bertz CT molecular complexity index is 965. The maximum atomic E-state index is 12.8. The average molecular weight is 463 g/mol. The van der Waals surface area contributed by atoms with Crippen molar-refractivity contribution in [2.24, 2.45) is 0 Å². The summed E-state index contributed by atoms with van der Waals surface area (Å²) in [6.07, 6.45) is 5.36. The summed E-state index contributed by atoms with van der Waals surface area (Å²) in [5.41, 5.74) is 3.49. The third kappa shape index (κ3) is 6.51. The molecule has 166 valence electrons. The van der Waals surface area contributed by atoms with E-state index in [-0.39, 0.29) is 36.8 Å². The maximum Gasteiger partial charge on any atom is 0.239 e. The molecule has 2 N–H and O–H groups in total. The number of piperazine rings is 1. The van der Waals surface area contributed by atoms with Gasteiger partial charge in [0.25, 0.3) is 0 Å². The lowest BCUT2D eigenvalue weighted by molar-refractivity contribution is -0.118. The van der Waals surface area contributed by atoms with Crippen molar-refractivity contribution < 1.29 is 4.79 Å². The van der Waals surface area contributed by atoms with Crippen molar-refractivity contribution in [3.8, 4) is 0 Å². The van der Waals surface area contributed by atoms with E-state index < -0.39 is 0 Å². The van der Waals surface area contributed by atoms with Gasteiger partial charge in [-0.15, -0.1) is 24.8 Å². The van der Waals surface area contributed by atoms with E-state index in [1.54, 1.807) is 12.4 Å². The number of aromatic nitrogens is 3. The molecule has 0 spiro atoms. The SMILES string of the molecule is Cc1cccc(Cn2nccc2NC(=O)CN2CCNCC2c2cccnc2)c1.Cl.Cl. The highest BCUT2D eigenvalue weighted by molar-refractivity contribution is 5.91. The molecule has 7 nitrogen and oxygen atoms in total. The molecule has 0 aliphatic carbocycles. The van der Waals surface area contributed by atoms with Gasteiger partial charge in [-0.25, -0.2) is 4.68 Å². The highest BCUT2D eigenvalue weighted by Crippen LogP contribution is 2.21. The highest BCUT2D eigenvalue weighted by Gasteiger charge is 2.25. The average Bonchev–Trinajstić information content (AvgIpc) is 3.15. The highest BCUT2D eigenvalue weighted by atomic mass is 35.5. The predicted octanol–water partition coefficient (Wildman–Crippen LogP) is 3.06. The number of halogens is 2. The molecule has 1 saturated heterocycles. The van der Waals surface area contributed by atoms with Crippen LogP contribution in [0.3, 0.4) is 0 Å². The molecule has 31 heavy (non-hydrogen) atoms. The summed E-state index contributed by atoms with van der Waals surface area (Å²) in [4.78, 5) is 19.2. The summed E-state index contributed by atoms with van der Waals surface area (Å²) < 4.78 is 1.82. The van der Waals surface area contributed by atoms with E-state index in [1.165, 1.54) is 5.56 Å². The second-order valence-corrected chi connectivity index (χ2v) is 7.39. The number of hydrogen-bond donors (Lipinski definition) is 2. The standard InChI is InChI=1S/C22H26N6O.2ClH/c1-17-4-2-5-18(12-17)15-28-21(7-9-25-28)26-22(29)16-27-11-10-24-14-20(27)19-6-3-8-23-13-19;;/h2-9,12-13,20,24H,10-11,14-16H2,1H3,(H,26,29);2*1H.